The fraction of sp³-hybridized carbons (Fsp3) is 0.406. The molecule has 0 bridgehead atoms. The zero-order chi connectivity index (χ0) is 31.5. The summed E-state index contributed by atoms with van der Waals surface area (Å²) >= 11 is 12.9. The van der Waals surface area contributed by atoms with Gasteiger partial charge in [0.15, 0.2) is 0 Å². The molecule has 0 unspecified atom stereocenters. The van der Waals surface area contributed by atoms with E-state index < -0.39 is 27.9 Å². The molecule has 7 nitrogen and oxygen atoms in total. The van der Waals surface area contributed by atoms with Crippen LogP contribution >= 0.6 is 23.2 Å². The van der Waals surface area contributed by atoms with Crippen LogP contribution in [0.15, 0.2) is 59.5 Å². The van der Waals surface area contributed by atoms with Crippen LogP contribution in [0.2, 0.25) is 10.0 Å². The third kappa shape index (κ3) is 8.35. The number of aliphatic hydroxyl groups is 1. The lowest BCUT2D eigenvalue weighted by molar-refractivity contribution is -0.136. The summed E-state index contributed by atoms with van der Waals surface area (Å²) in [6, 6.07) is 15.2. The number of hydrogen-bond donors (Lipinski definition) is 3. The van der Waals surface area contributed by atoms with E-state index in [0.29, 0.717) is 22.6 Å². The van der Waals surface area contributed by atoms with Crippen molar-refractivity contribution in [2.75, 3.05) is 20.1 Å². The van der Waals surface area contributed by atoms with Gasteiger partial charge in [0.1, 0.15) is 10.7 Å². The largest absolute Gasteiger partial charge is 0.481 e. The number of β-amino-alcohol motifs (C(OH)–C–C–N with tert-alkyl or cyclic N) is 1. The number of aryl methyl sites for hydroxylation is 1. The molecule has 0 aromatic heterocycles. The summed E-state index contributed by atoms with van der Waals surface area (Å²) in [4.78, 5) is 10.8. The van der Waals surface area contributed by atoms with Gasteiger partial charge in [-0.2, -0.15) is 4.31 Å². The Kier molecular flexibility index (Phi) is 10.6. The van der Waals surface area contributed by atoms with Crippen LogP contribution in [0.5, 0.6) is 0 Å². The SMILES string of the molecule is CN(C[C@@H](O)CNC(C)(C)CC1Cc2ccccc2C1)S(=O)(=O)c1c(Cl)cc(-c2ccc(F)cc2CCC(=O)O)cc1Cl. The second-order valence-electron chi connectivity index (χ2n) is 11.9. The Morgan fingerprint density at radius 3 is 2.28 bits per heavy atom. The molecule has 3 N–H and O–H groups in total. The molecule has 0 amide bonds. The molecule has 0 heterocycles. The smallest absolute Gasteiger partial charge is 0.303 e. The van der Waals surface area contributed by atoms with Gasteiger partial charge in [0.05, 0.1) is 16.1 Å². The monoisotopic (exact) mass is 650 g/mol. The van der Waals surface area contributed by atoms with Crippen LogP contribution in [0.25, 0.3) is 11.1 Å². The van der Waals surface area contributed by atoms with Crippen molar-refractivity contribution in [1.29, 1.82) is 0 Å². The quantitative estimate of drug-likeness (QED) is 0.210. The average Bonchev–Trinajstić information content (AvgIpc) is 3.31. The Morgan fingerprint density at radius 1 is 1.09 bits per heavy atom. The molecule has 0 saturated heterocycles. The van der Waals surface area contributed by atoms with Gasteiger partial charge in [-0.05, 0) is 97.5 Å². The third-order valence-corrected chi connectivity index (χ3v) is 10.6. The van der Waals surface area contributed by atoms with Gasteiger partial charge in [-0.15, -0.1) is 0 Å². The molecule has 1 aliphatic carbocycles. The van der Waals surface area contributed by atoms with E-state index in [-0.39, 0.29) is 46.4 Å². The van der Waals surface area contributed by atoms with Crippen LogP contribution in [-0.4, -0.2) is 60.7 Å². The molecule has 0 aliphatic heterocycles. The van der Waals surface area contributed by atoms with Gasteiger partial charge in [0.2, 0.25) is 10.0 Å². The Labute approximate surface area is 262 Å². The first-order valence-electron chi connectivity index (χ1n) is 14.1. The number of hydrogen-bond acceptors (Lipinski definition) is 5. The molecule has 3 aromatic rings. The van der Waals surface area contributed by atoms with Gasteiger partial charge in [0.25, 0.3) is 0 Å². The number of carbonyl (C=O) groups is 1. The van der Waals surface area contributed by atoms with Crippen molar-refractivity contribution in [2.24, 2.45) is 5.92 Å². The lowest BCUT2D eigenvalue weighted by atomic mass is 9.88. The predicted molar refractivity (Wildman–Crippen MR) is 168 cm³/mol. The van der Waals surface area contributed by atoms with Crippen LogP contribution in [0, 0.1) is 11.7 Å². The van der Waals surface area contributed by atoms with Gasteiger partial charge in [-0.1, -0.05) is 53.5 Å². The maximum atomic E-state index is 13.9. The highest BCUT2D eigenvalue weighted by atomic mass is 35.5. The Balaban J connectivity index is 1.41. The first-order chi connectivity index (χ1) is 20.2. The first kappa shape index (κ1) is 33.4. The van der Waals surface area contributed by atoms with Crippen LogP contribution < -0.4 is 5.32 Å². The van der Waals surface area contributed by atoms with Crippen LogP contribution in [0.3, 0.4) is 0 Å². The lowest BCUT2D eigenvalue weighted by Gasteiger charge is -2.31. The highest BCUT2D eigenvalue weighted by Gasteiger charge is 2.31. The minimum absolute atomic E-state index is 0.0670. The van der Waals surface area contributed by atoms with Crippen LogP contribution in [0.1, 0.15) is 43.4 Å². The van der Waals surface area contributed by atoms with E-state index in [4.69, 9.17) is 28.3 Å². The second kappa shape index (κ2) is 13.6. The number of rotatable bonds is 13. The minimum atomic E-state index is -4.19. The summed E-state index contributed by atoms with van der Waals surface area (Å²) in [5, 5.41) is 22.9. The molecule has 1 atom stereocenters. The minimum Gasteiger partial charge on any atom is -0.481 e. The molecular formula is C32H37Cl2FN2O5S. The van der Waals surface area contributed by atoms with E-state index >= 15 is 0 Å². The fourth-order valence-corrected chi connectivity index (χ4v) is 8.21. The number of carboxylic acids is 1. The maximum Gasteiger partial charge on any atom is 0.303 e. The Hall–Kier alpha value is -2.53. The van der Waals surface area contributed by atoms with Crippen molar-refractivity contribution in [2.45, 2.75) is 62.5 Å². The van der Waals surface area contributed by atoms with Crippen LogP contribution in [-0.2, 0) is 34.1 Å². The number of nitrogens with one attached hydrogen (secondary N) is 1. The predicted octanol–water partition coefficient (Wildman–Crippen LogP) is 5.97. The molecule has 11 heteroatoms. The van der Waals surface area contributed by atoms with E-state index in [1.54, 1.807) is 0 Å². The summed E-state index contributed by atoms with van der Waals surface area (Å²) in [6.07, 6.45) is 1.82. The number of likely N-dealkylation sites (N-methyl/N-ethyl adjacent to an activating group) is 1. The fourth-order valence-electron chi connectivity index (χ4n) is 5.85. The van der Waals surface area contributed by atoms with Gasteiger partial charge >= 0.3 is 5.97 Å². The molecular weight excluding hydrogens is 614 g/mol. The zero-order valence-corrected chi connectivity index (χ0v) is 26.7. The molecule has 3 aromatic carbocycles. The van der Waals surface area contributed by atoms with E-state index in [2.05, 4.69) is 43.4 Å². The average molecular weight is 652 g/mol. The normalized spacial score (nSPS) is 14.7. The number of sulfonamides is 1. The molecule has 0 fully saturated rings. The van der Waals surface area contributed by atoms with Gasteiger partial charge in [-0.3, -0.25) is 4.79 Å². The summed E-state index contributed by atoms with van der Waals surface area (Å²) < 4.78 is 41.9. The van der Waals surface area contributed by atoms with Crippen molar-refractivity contribution in [3.05, 3.63) is 87.2 Å². The van der Waals surface area contributed by atoms with Gasteiger partial charge in [-0.25, -0.2) is 12.8 Å². The molecule has 0 saturated carbocycles. The van der Waals surface area contributed by atoms with Crippen molar-refractivity contribution in [3.8, 4) is 11.1 Å². The molecule has 0 spiro atoms. The number of carboxylic acid groups (broad SMARTS) is 1. The van der Waals surface area contributed by atoms with Crippen LogP contribution in [0.4, 0.5) is 4.39 Å². The Morgan fingerprint density at radius 2 is 1.70 bits per heavy atom. The van der Waals surface area contributed by atoms with E-state index in [9.17, 15) is 22.7 Å². The van der Waals surface area contributed by atoms with E-state index in [1.165, 1.54) is 48.5 Å². The van der Waals surface area contributed by atoms with Gasteiger partial charge < -0.3 is 15.5 Å². The molecule has 43 heavy (non-hydrogen) atoms. The van der Waals surface area contributed by atoms with E-state index in [1.807, 2.05) is 0 Å². The highest BCUT2D eigenvalue weighted by molar-refractivity contribution is 7.89. The third-order valence-electron chi connectivity index (χ3n) is 7.87. The zero-order valence-electron chi connectivity index (χ0n) is 24.4. The summed E-state index contributed by atoms with van der Waals surface area (Å²) in [5.41, 5.74) is 3.85. The second-order valence-corrected chi connectivity index (χ2v) is 14.7. The summed E-state index contributed by atoms with van der Waals surface area (Å²) in [7, 11) is -2.84. The lowest BCUT2D eigenvalue weighted by Crippen LogP contribution is -2.47. The highest BCUT2D eigenvalue weighted by Crippen LogP contribution is 2.38. The van der Waals surface area contributed by atoms with Crippen molar-refractivity contribution < 1.29 is 27.8 Å². The first-order valence-corrected chi connectivity index (χ1v) is 16.3. The summed E-state index contributed by atoms with van der Waals surface area (Å²) in [6.45, 7) is 4.17. The standard InChI is InChI=1S/C32H37Cl2FN2O5S/c1-32(2,17-20-12-21-6-4-5-7-22(21)13-20)36-18-26(38)19-37(3)43(41,42)31-28(33)15-24(16-29(31)34)27-10-9-25(35)14-23(27)8-11-30(39)40/h4-7,9-10,14-16,20,26,36,38H,8,11-13,17-19H2,1-3H3,(H,39,40)/t26-/m0/s1. The number of nitrogens with zero attached hydrogens (tertiary/aromatic N) is 1. The number of aliphatic carboxylic acids is 1. The summed E-state index contributed by atoms with van der Waals surface area (Å²) in [5.74, 6) is -1.06. The number of halogens is 3. The topological polar surface area (TPSA) is 107 Å². The molecule has 4 rings (SSSR count). The molecule has 232 valence electrons. The molecule has 0 radical (unpaired) electrons. The van der Waals surface area contributed by atoms with Crippen molar-refractivity contribution in [1.82, 2.24) is 9.62 Å². The Bertz CT molecular complexity index is 1550. The van der Waals surface area contributed by atoms with Crippen molar-refractivity contribution >= 4 is 39.2 Å². The maximum absolute atomic E-state index is 13.9. The number of benzene rings is 3. The number of fused-ring (bicyclic) bond motifs is 1. The number of aliphatic hydroxyl groups excluding tert-OH is 1. The van der Waals surface area contributed by atoms with Gasteiger partial charge in [0, 0.05) is 32.1 Å². The molecule has 1 aliphatic rings. The van der Waals surface area contributed by atoms with E-state index in [0.717, 1.165) is 23.6 Å². The van der Waals surface area contributed by atoms with Crippen molar-refractivity contribution in [3.63, 3.8) is 0 Å².